The first-order chi connectivity index (χ1) is 14.1. The van der Waals surface area contributed by atoms with Gasteiger partial charge >= 0.3 is 0 Å². The summed E-state index contributed by atoms with van der Waals surface area (Å²) in [6.45, 7) is 5.43. The van der Waals surface area contributed by atoms with E-state index in [1.54, 1.807) is 0 Å². The highest BCUT2D eigenvalue weighted by Gasteiger charge is 2.51. The summed E-state index contributed by atoms with van der Waals surface area (Å²) in [5.41, 5.74) is 1.99. The molecule has 160 valence electrons. The van der Waals surface area contributed by atoms with Crippen LogP contribution in [0.2, 0.25) is 0 Å². The van der Waals surface area contributed by atoms with Gasteiger partial charge in [0.15, 0.2) is 0 Å². The maximum atomic E-state index is 10.4. The smallest absolute Gasteiger partial charge is 0.119 e. The van der Waals surface area contributed by atoms with E-state index in [2.05, 4.69) is 41.1 Å². The van der Waals surface area contributed by atoms with Crippen LogP contribution in [0.3, 0.4) is 0 Å². The maximum Gasteiger partial charge on any atom is 0.119 e. The minimum atomic E-state index is -0.429. The van der Waals surface area contributed by atoms with Gasteiger partial charge in [0.1, 0.15) is 18.5 Å². The van der Waals surface area contributed by atoms with Gasteiger partial charge in [-0.1, -0.05) is 12.1 Å². The molecule has 4 saturated carbocycles. The number of aliphatic hydroxyl groups is 1. The lowest BCUT2D eigenvalue weighted by Gasteiger charge is -2.57. The van der Waals surface area contributed by atoms with E-state index in [1.807, 2.05) is 0 Å². The monoisotopic (exact) mass is 398 g/mol. The second kappa shape index (κ2) is 8.20. The molecule has 1 saturated heterocycles. The summed E-state index contributed by atoms with van der Waals surface area (Å²) in [6, 6.07) is 8.92. The van der Waals surface area contributed by atoms with Crippen molar-refractivity contribution in [3.05, 3.63) is 29.8 Å². The molecule has 5 aliphatic rings. The molecule has 29 heavy (non-hydrogen) atoms. The summed E-state index contributed by atoms with van der Waals surface area (Å²) >= 11 is 0. The van der Waals surface area contributed by atoms with Gasteiger partial charge in [0.2, 0.25) is 0 Å². The zero-order valence-electron chi connectivity index (χ0n) is 18.1. The quantitative estimate of drug-likeness (QED) is 0.795. The van der Waals surface area contributed by atoms with Crippen LogP contribution < -0.4 is 4.74 Å². The Hall–Kier alpha value is -1.10. The van der Waals surface area contributed by atoms with Gasteiger partial charge in [-0.05, 0) is 106 Å². The van der Waals surface area contributed by atoms with E-state index in [4.69, 9.17) is 4.74 Å². The molecule has 5 fully saturated rings. The van der Waals surface area contributed by atoms with Crippen LogP contribution in [0.5, 0.6) is 5.75 Å². The lowest BCUT2D eigenvalue weighted by Crippen LogP contribution is -2.48. The van der Waals surface area contributed by atoms with Gasteiger partial charge in [-0.3, -0.25) is 4.90 Å². The van der Waals surface area contributed by atoms with Gasteiger partial charge in [-0.15, -0.1) is 0 Å². The minimum Gasteiger partial charge on any atom is -0.491 e. The summed E-state index contributed by atoms with van der Waals surface area (Å²) in [6.07, 6.45) is 9.44. The first-order valence-corrected chi connectivity index (χ1v) is 11.9. The van der Waals surface area contributed by atoms with Crippen molar-refractivity contribution >= 4 is 0 Å². The third-order valence-corrected chi connectivity index (χ3v) is 8.23. The van der Waals surface area contributed by atoms with E-state index in [1.165, 1.54) is 50.5 Å². The highest BCUT2D eigenvalue weighted by Crippen LogP contribution is 2.60. The van der Waals surface area contributed by atoms with Gasteiger partial charge in [0, 0.05) is 19.6 Å². The highest BCUT2D eigenvalue weighted by atomic mass is 16.5. The van der Waals surface area contributed by atoms with Gasteiger partial charge in [0.05, 0.1) is 0 Å². The van der Waals surface area contributed by atoms with Crippen molar-refractivity contribution in [3.63, 3.8) is 0 Å². The predicted molar refractivity (Wildman–Crippen MR) is 116 cm³/mol. The summed E-state index contributed by atoms with van der Waals surface area (Å²) in [5, 5.41) is 10.4. The number of nitrogens with zero attached hydrogens (tertiary/aromatic N) is 2. The van der Waals surface area contributed by atoms with Gasteiger partial charge in [-0.2, -0.15) is 0 Å². The Balaban J connectivity index is 1.14. The van der Waals surface area contributed by atoms with Crippen molar-refractivity contribution in [2.45, 2.75) is 56.5 Å². The zero-order valence-corrected chi connectivity index (χ0v) is 18.1. The molecule has 0 radical (unpaired) electrons. The molecular formula is C25H38N2O2. The van der Waals surface area contributed by atoms with Crippen LogP contribution >= 0.6 is 0 Å². The zero-order chi connectivity index (χ0) is 19.8. The van der Waals surface area contributed by atoms with E-state index < -0.39 is 6.10 Å². The second-order valence-corrected chi connectivity index (χ2v) is 10.6. The molecule has 0 unspecified atom stereocenters. The molecule has 1 aromatic rings. The normalized spacial score (nSPS) is 36.1. The maximum absolute atomic E-state index is 10.4. The van der Waals surface area contributed by atoms with Crippen molar-refractivity contribution in [1.29, 1.82) is 0 Å². The van der Waals surface area contributed by atoms with Crippen molar-refractivity contribution in [3.8, 4) is 5.75 Å². The standard InChI is InChI=1S/C25H38N2O2/c1-26-7-2-8-27(10-9-26)17-23(28)18-29-24-5-3-22(4-6-24)25-14-19-11-20(15-25)13-21(12-19)16-25/h3-6,19-21,23,28H,2,7-18H2,1H3/t19?,20?,21?,23-,25?/m1/s1. The van der Waals surface area contributed by atoms with Crippen molar-refractivity contribution in [1.82, 2.24) is 9.80 Å². The molecule has 1 N–H and O–H groups in total. The van der Waals surface area contributed by atoms with E-state index >= 15 is 0 Å². The molecule has 1 aromatic carbocycles. The Morgan fingerprint density at radius 2 is 1.62 bits per heavy atom. The van der Waals surface area contributed by atoms with Crippen LogP contribution in [0.15, 0.2) is 24.3 Å². The second-order valence-electron chi connectivity index (χ2n) is 10.6. The molecule has 4 nitrogen and oxygen atoms in total. The Kier molecular flexibility index (Phi) is 5.61. The number of hydrogen-bond donors (Lipinski definition) is 1. The third kappa shape index (κ3) is 4.35. The fourth-order valence-corrected chi connectivity index (χ4v) is 7.19. The number of ether oxygens (including phenoxy) is 1. The lowest BCUT2D eigenvalue weighted by molar-refractivity contribution is -0.00522. The number of hydrogen-bond acceptors (Lipinski definition) is 4. The number of aliphatic hydroxyl groups excluding tert-OH is 1. The van der Waals surface area contributed by atoms with E-state index in [0.29, 0.717) is 18.6 Å². The average molecular weight is 399 g/mol. The van der Waals surface area contributed by atoms with Crippen molar-refractivity contribution < 1.29 is 9.84 Å². The third-order valence-electron chi connectivity index (χ3n) is 8.23. The van der Waals surface area contributed by atoms with E-state index in [9.17, 15) is 5.11 Å². The van der Waals surface area contributed by atoms with Crippen LogP contribution in [0.25, 0.3) is 0 Å². The summed E-state index contributed by atoms with van der Waals surface area (Å²) in [5.74, 6) is 3.83. The lowest BCUT2D eigenvalue weighted by atomic mass is 9.48. The molecule has 4 bridgehead atoms. The van der Waals surface area contributed by atoms with Crippen molar-refractivity contribution in [2.24, 2.45) is 17.8 Å². The predicted octanol–water partition coefficient (Wildman–Crippen LogP) is 3.53. The SMILES string of the molecule is CN1CCCN(C[C@@H](O)COc2ccc(C34CC5CC(CC(C5)C3)C4)cc2)CC1. The van der Waals surface area contributed by atoms with E-state index in [-0.39, 0.29) is 0 Å². The number of β-amino-alcohol motifs (C(OH)–C–C–N with tert-alkyl or cyclic N) is 1. The van der Waals surface area contributed by atoms with Crippen LogP contribution in [0.4, 0.5) is 0 Å². The fourth-order valence-electron chi connectivity index (χ4n) is 7.19. The van der Waals surface area contributed by atoms with Gasteiger partial charge < -0.3 is 14.7 Å². The fraction of sp³-hybridized carbons (Fsp3) is 0.760. The summed E-state index contributed by atoms with van der Waals surface area (Å²) in [4.78, 5) is 4.74. The first-order valence-electron chi connectivity index (χ1n) is 11.9. The molecule has 6 rings (SSSR count). The topological polar surface area (TPSA) is 35.9 Å². The molecule has 1 aliphatic heterocycles. The summed E-state index contributed by atoms with van der Waals surface area (Å²) < 4.78 is 5.95. The summed E-state index contributed by atoms with van der Waals surface area (Å²) in [7, 11) is 2.18. The Morgan fingerprint density at radius 1 is 0.966 bits per heavy atom. The molecule has 0 amide bonds. The number of rotatable bonds is 6. The molecule has 4 heteroatoms. The highest BCUT2D eigenvalue weighted by molar-refractivity contribution is 5.34. The largest absolute Gasteiger partial charge is 0.491 e. The molecule has 0 spiro atoms. The van der Waals surface area contributed by atoms with Crippen LogP contribution in [-0.4, -0.2) is 67.4 Å². The minimum absolute atomic E-state index is 0.378. The Labute approximate surface area is 176 Å². The molecule has 1 heterocycles. The molecule has 4 aliphatic carbocycles. The van der Waals surface area contributed by atoms with Gasteiger partial charge in [0.25, 0.3) is 0 Å². The van der Waals surface area contributed by atoms with E-state index in [0.717, 1.165) is 49.7 Å². The van der Waals surface area contributed by atoms with Gasteiger partial charge in [-0.25, -0.2) is 0 Å². The van der Waals surface area contributed by atoms with Crippen LogP contribution in [0.1, 0.15) is 50.5 Å². The Bertz CT molecular complexity index is 653. The van der Waals surface area contributed by atoms with Crippen LogP contribution in [0, 0.1) is 17.8 Å². The average Bonchev–Trinajstić information content (AvgIpc) is 2.90. The Morgan fingerprint density at radius 3 is 2.28 bits per heavy atom. The molecule has 1 atom stereocenters. The molecule has 0 aromatic heterocycles. The van der Waals surface area contributed by atoms with Crippen molar-refractivity contribution in [2.75, 3.05) is 46.4 Å². The number of likely N-dealkylation sites (N-methyl/N-ethyl adjacent to an activating group) is 1. The first kappa shape index (κ1) is 19.8. The van der Waals surface area contributed by atoms with Crippen LogP contribution in [-0.2, 0) is 5.41 Å². The number of benzene rings is 1. The molecular weight excluding hydrogens is 360 g/mol.